The number of Topliss-reactive ketones (excluding diaryl/α,β-unsaturated/α-hetero) is 1. The molecule has 4 nitrogen and oxygen atoms in total. The Bertz CT molecular complexity index is 397. The fourth-order valence-electron chi connectivity index (χ4n) is 1.51. The molecule has 1 saturated heterocycles. The highest BCUT2D eigenvalue weighted by molar-refractivity contribution is 5.94. The number of rotatable bonds is 2. The van der Waals surface area contributed by atoms with Gasteiger partial charge in [0.05, 0.1) is 6.04 Å². The molecular formula is C11H11NO3. The molecule has 0 aliphatic carbocycles. The summed E-state index contributed by atoms with van der Waals surface area (Å²) in [5.41, 5.74) is 1.62. The maximum absolute atomic E-state index is 11.0. The zero-order valence-corrected chi connectivity index (χ0v) is 8.32. The molecule has 1 heterocycles. The molecule has 1 aromatic carbocycles. The van der Waals surface area contributed by atoms with Gasteiger partial charge in [-0.2, -0.15) is 0 Å². The van der Waals surface area contributed by atoms with Crippen LogP contribution in [0.25, 0.3) is 0 Å². The van der Waals surface area contributed by atoms with Gasteiger partial charge in [0, 0.05) is 5.56 Å². The summed E-state index contributed by atoms with van der Waals surface area (Å²) < 4.78 is 4.78. The number of benzene rings is 1. The second-order valence-electron chi connectivity index (χ2n) is 3.47. The lowest BCUT2D eigenvalue weighted by Gasteiger charge is -2.07. The zero-order chi connectivity index (χ0) is 10.8. The summed E-state index contributed by atoms with van der Waals surface area (Å²) in [6.07, 6.45) is -0.393. The van der Waals surface area contributed by atoms with Gasteiger partial charge in [-0.25, -0.2) is 4.79 Å². The van der Waals surface area contributed by atoms with Crippen molar-refractivity contribution in [3.8, 4) is 0 Å². The number of carbonyl (C=O) groups is 2. The molecule has 0 spiro atoms. The van der Waals surface area contributed by atoms with Crippen molar-refractivity contribution in [1.82, 2.24) is 5.32 Å². The average molecular weight is 205 g/mol. The summed E-state index contributed by atoms with van der Waals surface area (Å²) in [6.45, 7) is 1.87. The summed E-state index contributed by atoms with van der Waals surface area (Å²) in [7, 11) is 0. The third-order valence-electron chi connectivity index (χ3n) is 2.39. The first-order chi connectivity index (χ1) is 7.16. The Balaban J connectivity index is 2.17. The molecule has 1 fully saturated rings. The van der Waals surface area contributed by atoms with Gasteiger partial charge in [0.2, 0.25) is 0 Å². The predicted molar refractivity (Wildman–Crippen MR) is 53.7 cm³/mol. The van der Waals surface area contributed by atoms with E-state index in [1.165, 1.54) is 6.92 Å². The molecule has 0 radical (unpaired) electrons. The van der Waals surface area contributed by atoms with Crippen LogP contribution in [0.4, 0.5) is 4.79 Å². The Morgan fingerprint density at radius 3 is 2.53 bits per heavy atom. The first-order valence-corrected chi connectivity index (χ1v) is 4.71. The maximum atomic E-state index is 11.0. The van der Waals surface area contributed by atoms with E-state index in [1.807, 2.05) is 12.1 Å². The molecule has 1 unspecified atom stereocenters. The Labute approximate surface area is 87.2 Å². The number of amides is 1. The molecule has 78 valence electrons. The summed E-state index contributed by atoms with van der Waals surface area (Å²) in [6, 6.07) is 7.07. The fraction of sp³-hybridized carbons (Fsp3) is 0.273. The van der Waals surface area contributed by atoms with Crippen LogP contribution in [0.3, 0.4) is 0 Å². The van der Waals surface area contributed by atoms with Crippen molar-refractivity contribution in [1.29, 1.82) is 0 Å². The molecule has 4 heteroatoms. The number of nitrogens with one attached hydrogen (secondary N) is 1. The number of hydrogen-bond acceptors (Lipinski definition) is 3. The van der Waals surface area contributed by atoms with Crippen molar-refractivity contribution >= 4 is 11.9 Å². The number of cyclic esters (lactones) is 1. The SMILES string of the molecule is CC(=O)c1ccc(C2COC(=O)N2)cc1. The van der Waals surface area contributed by atoms with Gasteiger partial charge in [-0.15, -0.1) is 0 Å². The van der Waals surface area contributed by atoms with Crippen molar-refractivity contribution in [2.75, 3.05) is 6.61 Å². The van der Waals surface area contributed by atoms with Crippen LogP contribution in [0.5, 0.6) is 0 Å². The maximum Gasteiger partial charge on any atom is 0.407 e. The lowest BCUT2D eigenvalue weighted by molar-refractivity contribution is 0.101. The van der Waals surface area contributed by atoms with Crippen LogP contribution in [0.2, 0.25) is 0 Å². The summed E-state index contributed by atoms with van der Waals surface area (Å²) >= 11 is 0. The fourth-order valence-corrected chi connectivity index (χ4v) is 1.51. The van der Waals surface area contributed by atoms with E-state index in [4.69, 9.17) is 4.74 Å². The normalized spacial score (nSPS) is 19.5. The van der Waals surface area contributed by atoms with Crippen molar-refractivity contribution < 1.29 is 14.3 Å². The molecular weight excluding hydrogens is 194 g/mol. The molecule has 0 bridgehead atoms. The highest BCUT2D eigenvalue weighted by atomic mass is 16.6. The van der Waals surface area contributed by atoms with E-state index in [9.17, 15) is 9.59 Å². The smallest absolute Gasteiger partial charge is 0.407 e. The number of carbonyl (C=O) groups excluding carboxylic acids is 2. The van der Waals surface area contributed by atoms with Gasteiger partial charge >= 0.3 is 6.09 Å². The number of ketones is 1. The minimum Gasteiger partial charge on any atom is -0.447 e. The number of alkyl carbamates (subject to hydrolysis) is 1. The van der Waals surface area contributed by atoms with Gasteiger partial charge < -0.3 is 10.1 Å². The minimum atomic E-state index is -0.393. The van der Waals surface area contributed by atoms with Gasteiger partial charge in [0.15, 0.2) is 5.78 Å². The quantitative estimate of drug-likeness (QED) is 0.747. The molecule has 1 N–H and O–H groups in total. The third kappa shape index (κ3) is 1.98. The predicted octanol–water partition coefficient (Wildman–Crippen LogP) is 1.67. The molecule has 1 atom stereocenters. The largest absolute Gasteiger partial charge is 0.447 e. The van der Waals surface area contributed by atoms with Crippen molar-refractivity contribution in [3.63, 3.8) is 0 Å². The number of ether oxygens (including phenoxy) is 1. The molecule has 2 rings (SSSR count). The van der Waals surface area contributed by atoms with Gasteiger partial charge in [-0.05, 0) is 12.5 Å². The van der Waals surface area contributed by atoms with Gasteiger partial charge in [-0.1, -0.05) is 24.3 Å². The molecule has 1 aliphatic rings. The van der Waals surface area contributed by atoms with Crippen LogP contribution >= 0.6 is 0 Å². The Kier molecular flexibility index (Phi) is 2.41. The zero-order valence-electron chi connectivity index (χ0n) is 8.32. The van der Waals surface area contributed by atoms with E-state index < -0.39 is 6.09 Å². The van der Waals surface area contributed by atoms with Crippen LogP contribution in [0, 0.1) is 0 Å². The highest BCUT2D eigenvalue weighted by Gasteiger charge is 2.23. The highest BCUT2D eigenvalue weighted by Crippen LogP contribution is 2.18. The molecule has 0 aromatic heterocycles. The van der Waals surface area contributed by atoms with Crippen molar-refractivity contribution in [2.45, 2.75) is 13.0 Å². The average Bonchev–Trinajstić information content (AvgIpc) is 2.65. The van der Waals surface area contributed by atoms with Crippen LogP contribution in [0.1, 0.15) is 28.9 Å². The standard InChI is InChI=1S/C11H11NO3/c1-7(13)8-2-4-9(5-3-8)10-6-15-11(14)12-10/h2-5,10H,6H2,1H3,(H,12,14). The van der Waals surface area contributed by atoms with Crippen molar-refractivity contribution in [3.05, 3.63) is 35.4 Å². The molecule has 15 heavy (non-hydrogen) atoms. The van der Waals surface area contributed by atoms with Gasteiger partial charge in [0.1, 0.15) is 6.61 Å². The van der Waals surface area contributed by atoms with E-state index in [0.29, 0.717) is 12.2 Å². The van der Waals surface area contributed by atoms with Crippen molar-refractivity contribution in [2.24, 2.45) is 0 Å². The lowest BCUT2D eigenvalue weighted by Crippen LogP contribution is -2.18. The summed E-state index contributed by atoms with van der Waals surface area (Å²) in [5.74, 6) is 0.0354. The summed E-state index contributed by atoms with van der Waals surface area (Å²) in [4.78, 5) is 21.9. The summed E-state index contributed by atoms with van der Waals surface area (Å²) in [5, 5.41) is 2.67. The van der Waals surface area contributed by atoms with Crippen LogP contribution < -0.4 is 5.32 Å². The van der Waals surface area contributed by atoms with E-state index in [0.717, 1.165) is 5.56 Å². The Hall–Kier alpha value is -1.84. The van der Waals surface area contributed by atoms with Gasteiger partial charge in [-0.3, -0.25) is 4.79 Å². The van der Waals surface area contributed by atoms with E-state index in [-0.39, 0.29) is 11.8 Å². The second kappa shape index (κ2) is 3.73. The second-order valence-corrected chi connectivity index (χ2v) is 3.47. The Morgan fingerprint density at radius 1 is 1.40 bits per heavy atom. The molecule has 1 amide bonds. The molecule has 1 aliphatic heterocycles. The third-order valence-corrected chi connectivity index (χ3v) is 2.39. The van der Waals surface area contributed by atoms with E-state index in [2.05, 4.69) is 5.32 Å². The van der Waals surface area contributed by atoms with Crippen LogP contribution in [-0.2, 0) is 4.74 Å². The van der Waals surface area contributed by atoms with E-state index in [1.54, 1.807) is 12.1 Å². The minimum absolute atomic E-state index is 0.0354. The number of hydrogen-bond donors (Lipinski definition) is 1. The topological polar surface area (TPSA) is 55.4 Å². The van der Waals surface area contributed by atoms with Gasteiger partial charge in [0.25, 0.3) is 0 Å². The monoisotopic (exact) mass is 205 g/mol. The Morgan fingerprint density at radius 2 is 2.07 bits per heavy atom. The lowest BCUT2D eigenvalue weighted by atomic mass is 10.0. The molecule has 0 saturated carbocycles. The first-order valence-electron chi connectivity index (χ1n) is 4.71. The van der Waals surface area contributed by atoms with Crippen LogP contribution in [-0.4, -0.2) is 18.5 Å². The van der Waals surface area contributed by atoms with Crippen LogP contribution in [0.15, 0.2) is 24.3 Å². The first kappa shape index (κ1) is 9.71. The molecule has 1 aromatic rings. The van der Waals surface area contributed by atoms with E-state index >= 15 is 0 Å².